The molecule has 1 saturated heterocycles. The summed E-state index contributed by atoms with van der Waals surface area (Å²) in [5.74, 6) is 0.759. The first-order chi connectivity index (χ1) is 8.21. The van der Waals surface area contributed by atoms with Gasteiger partial charge in [0.1, 0.15) is 0 Å². The van der Waals surface area contributed by atoms with E-state index in [1.54, 1.807) is 0 Å². The number of likely N-dealkylation sites (N-methyl/N-ethyl adjacent to an activating group) is 1. The van der Waals surface area contributed by atoms with E-state index < -0.39 is 0 Å². The minimum atomic E-state index is 0.493. The molecule has 3 heteroatoms. The molecule has 1 heterocycles. The Kier molecular flexibility index (Phi) is 7.09. The van der Waals surface area contributed by atoms with E-state index in [9.17, 15) is 0 Å². The molecule has 1 fully saturated rings. The van der Waals surface area contributed by atoms with E-state index in [1.165, 1.54) is 38.9 Å². The SMILES string of the molecule is CCNC(CN1CCC(OC)CC1)C(C)CC. The summed E-state index contributed by atoms with van der Waals surface area (Å²) in [4.78, 5) is 2.59. The van der Waals surface area contributed by atoms with Crippen molar-refractivity contribution in [1.82, 2.24) is 10.2 Å². The molecule has 0 radical (unpaired) electrons. The van der Waals surface area contributed by atoms with Crippen molar-refractivity contribution in [2.24, 2.45) is 5.92 Å². The monoisotopic (exact) mass is 242 g/mol. The molecule has 2 atom stereocenters. The maximum Gasteiger partial charge on any atom is 0.0595 e. The molecule has 0 amide bonds. The molecule has 0 aromatic rings. The van der Waals surface area contributed by atoms with Crippen molar-refractivity contribution in [3.8, 4) is 0 Å². The van der Waals surface area contributed by atoms with Gasteiger partial charge in [-0.2, -0.15) is 0 Å². The predicted molar refractivity (Wildman–Crippen MR) is 73.4 cm³/mol. The van der Waals surface area contributed by atoms with Gasteiger partial charge in [0.25, 0.3) is 0 Å². The zero-order valence-corrected chi connectivity index (χ0v) is 12.0. The highest BCUT2D eigenvalue weighted by Gasteiger charge is 2.23. The van der Waals surface area contributed by atoms with E-state index in [0.717, 1.165) is 12.5 Å². The van der Waals surface area contributed by atoms with Crippen molar-refractivity contribution in [2.75, 3.05) is 33.3 Å². The molecular formula is C14H30N2O. The second-order valence-electron chi connectivity index (χ2n) is 5.29. The van der Waals surface area contributed by atoms with Gasteiger partial charge in [0, 0.05) is 32.8 Å². The van der Waals surface area contributed by atoms with E-state index in [2.05, 4.69) is 31.0 Å². The van der Waals surface area contributed by atoms with Crippen LogP contribution in [0.1, 0.15) is 40.0 Å². The molecule has 0 aromatic heterocycles. The van der Waals surface area contributed by atoms with E-state index in [-0.39, 0.29) is 0 Å². The van der Waals surface area contributed by atoms with Gasteiger partial charge in [0.2, 0.25) is 0 Å². The number of nitrogens with one attached hydrogen (secondary N) is 1. The van der Waals surface area contributed by atoms with E-state index in [4.69, 9.17) is 4.74 Å². The summed E-state index contributed by atoms with van der Waals surface area (Å²) in [5, 5.41) is 3.63. The van der Waals surface area contributed by atoms with Gasteiger partial charge >= 0.3 is 0 Å². The van der Waals surface area contributed by atoms with Gasteiger partial charge in [0.15, 0.2) is 0 Å². The van der Waals surface area contributed by atoms with Crippen LogP contribution in [-0.4, -0.2) is 50.3 Å². The van der Waals surface area contributed by atoms with Crippen molar-refractivity contribution in [2.45, 2.75) is 52.2 Å². The maximum absolute atomic E-state index is 5.42. The Hall–Kier alpha value is -0.120. The lowest BCUT2D eigenvalue weighted by Gasteiger charge is -2.35. The molecule has 0 bridgehead atoms. The zero-order valence-electron chi connectivity index (χ0n) is 12.0. The van der Waals surface area contributed by atoms with Crippen LogP contribution in [0.3, 0.4) is 0 Å². The van der Waals surface area contributed by atoms with Crippen molar-refractivity contribution in [3.05, 3.63) is 0 Å². The Labute approximate surface area is 107 Å². The molecule has 0 saturated carbocycles. The van der Waals surface area contributed by atoms with E-state index >= 15 is 0 Å². The number of ether oxygens (including phenoxy) is 1. The highest BCUT2D eigenvalue weighted by molar-refractivity contribution is 4.80. The Morgan fingerprint density at radius 2 is 1.94 bits per heavy atom. The largest absolute Gasteiger partial charge is 0.381 e. The summed E-state index contributed by atoms with van der Waals surface area (Å²) in [6, 6.07) is 0.643. The smallest absolute Gasteiger partial charge is 0.0595 e. The summed E-state index contributed by atoms with van der Waals surface area (Å²) >= 11 is 0. The quantitative estimate of drug-likeness (QED) is 0.740. The summed E-state index contributed by atoms with van der Waals surface area (Å²) in [6.07, 6.45) is 4.13. The van der Waals surface area contributed by atoms with Gasteiger partial charge in [-0.3, -0.25) is 0 Å². The van der Waals surface area contributed by atoms with Crippen molar-refractivity contribution in [1.29, 1.82) is 0 Å². The van der Waals surface area contributed by atoms with E-state index in [0.29, 0.717) is 12.1 Å². The Morgan fingerprint density at radius 3 is 2.41 bits per heavy atom. The molecule has 102 valence electrons. The third-order valence-electron chi connectivity index (χ3n) is 4.12. The molecule has 0 spiro atoms. The average Bonchev–Trinajstić information content (AvgIpc) is 2.38. The number of likely N-dealkylation sites (tertiary alicyclic amines) is 1. The summed E-state index contributed by atoms with van der Waals surface area (Å²) < 4.78 is 5.42. The lowest BCUT2D eigenvalue weighted by atomic mass is 9.97. The van der Waals surface area contributed by atoms with Crippen LogP contribution in [0.5, 0.6) is 0 Å². The number of methoxy groups -OCH3 is 1. The number of piperidine rings is 1. The molecule has 1 aliphatic rings. The van der Waals surface area contributed by atoms with Gasteiger partial charge < -0.3 is 15.0 Å². The van der Waals surface area contributed by atoms with Crippen LogP contribution in [0, 0.1) is 5.92 Å². The maximum atomic E-state index is 5.42. The van der Waals surface area contributed by atoms with Crippen LogP contribution < -0.4 is 5.32 Å². The van der Waals surface area contributed by atoms with Crippen LogP contribution in [0.15, 0.2) is 0 Å². The average molecular weight is 242 g/mol. The molecular weight excluding hydrogens is 212 g/mol. The summed E-state index contributed by atoms with van der Waals surface area (Å²) in [7, 11) is 1.83. The van der Waals surface area contributed by atoms with Gasteiger partial charge in [-0.25, -0.2) is 0 Å². The van der Waals surface area contributed by atoms with Crippen molar-refractivity contribution < 1.29 is 4.74 Å². The fourth-order valence-electron chi connectivity index (χ4n) is 2.60. The highest BCUT2D eigenvalue weighted by Crippen LogP contribution is 2.15. The second-order valence-corrected chi connectivity index (χ2v) is 5.29. The third-order valence-corrected chi connectivity index (χ3v) is 4.12. The van der Waals surface area contributed by atoms with E-state index in [1.807, 2.05) is 7.11 Å². The lowest BCUT2D eigenvalue weighted by molar-refractivity contribution is 0.0364. The minimum absolute atomic E-state index is 0.493. The standard InChI is InChI=1S/C14H30N2O/c1-5-12(3)14(15-6-2)11-16-9-7-13(17-4)8-10-16/h12-15H,5-11H2,1-4H3. The Balaban J connectivity index is 2.35. The molecule has 1 aliphatic heterocycles. The normalized spacial score (nSPS) is 22.6. The van der Waals surface area contributed by atoms with Gasteiger partial charge in [-0.05, 0) is 25.3 Å². The van der Waals surface area contributed by atoms with Crippen LogP contribution in [0.25, 0.3) is 0 Å². The number of nitrogens with zero attached hydrogens (tertiary/aromatic N) is 1. The number of hydrogen-bond donors (Lipinski definition) is 1. The van der Waals surface area contributed by atoms with Crippen LogP contribution in [0.4, 0.5) is 0 Å². The number of hydrogen-bond acceptors (Lipinski definition) is 3. The third kappa shape index (κ3) is 4.94. The van der Waals surface area contributed by atoms with Crippen molar-refractivity contribution in [3.63, 3.8) is 0 Å². The fourth-order valence-corrected chi connectivity index (χ4v) is 2.60. The van der Waals surface area contributed by atoms with Crippen LogP contribution in [0.2, 0.25) is 0 Å². The lowest BCUT2D eigenvalue weighted by Crippen LogP contribution is -2.47. The Bertz CT molecular complexity index is 191. The molecule has 1 N–H and O–H groups in total. The molecule has 1 rings (SSSR count). The number of rotatable bonds is 7. The van der Waals surface area contributed by atoms with Crippen molar-refractivity contribution >= 4 is 0 Å². The molecule has 17 heavy (non-hydrogen) atoms. The van der Waals surface area contributed by atoms with Gasteiger partial charge in [-0.15, -0.1) is 0 Å². The van der Waals surface area contributed by atoms with Gasteiger partial charge in [-0.1, -0.05) is 27.2 Å². The van der Waals surface area contributed by atoms with Crippen LogP contribution >= 0.6 is 0 Å². The zero-order chi connectivity index (χ0) is 12.7. The predicted octanol–water partition coefficient (Wildman–Crippen LogP) is 2.12. The Morgan fingerprint density at radius 1 is 1.29 bits per heavy atom. The van der Waals surface area contributed by atoms with Crippen LogP contribution in [-0.2, 0) is 4.74 Å². The molecule has 3 nitrogen and oxygen atoms in total. The molecule has 0 aliphatic carbocycles. The van der Waals surface area contributed by atoms with Gasteiger partial charge in [0.05, 0.1) is 6.10 Å². The first-order valence-electron chi connectivity index (χ1n) is 7.19. The molecule has 0 aromatic carbocycles. The summed E-state index contributed by atoms with van der Waals surface area (Å²) in [5.41, 5.74) is 0. The minimum Gasteiger partial charge on any atom is -0.381 e. The summed E-state index contributed by atoms with van der Waals surface area (Å²) in [6.45, 7) is 11.5. The first kappa shape index (κ1) is 14.9. The fraction of sp³-hybridized carbons (Fsp3) is 1.00. The molecule has 2 unspecified atom stereocenters. The highest BCUT2D eigenvalue weighted by atomic mass is 16.5. The second kappa shape index (κ2) is 8.06. The first-order valence-corrected chi connectivity index (χ1v) is 7.19. The topological polar surface area (TPSA) is 24.5 Å².